The molecule has 1 aliphatic heterocycles. The van der Waals surface area contributed by atoms with Crippen LogP contribution in [0.4, 0.5) is 15.9 Å². The van der Waals surface area contributed by atoms with Crippen LogP contribution in [-0.4, -0.2) is 54.7 Å². The number of aliphatic hydroxyl groups excluding tert-OH is 1. The molecule has 1 saturated heterocycles. The maximum Gasteiger partial charge on any atom is 0.290 e. The Morgan fingerprint density at radius 3 is 2.61 bits per heavy atom. The third kappa shape index (κ3) is 5.31. The molecule has 44 heavy (non-hydrogen) atoms. The predicted octanol–water partition coefficient (Wildman–Crippen LogP) is 4.37. The quantitative estimate of drug-likeness (QED) is 0.286. The van der Waals surface area contributed by atoms with Gasteiger partial charge in [-0.05, 0) is 74.3 Å². The van der Waals surface area contributed by atoms with Crippen molar-refractivity contribution < 1.29 is 9.50 Å². The molecule has 0 saturated carbocycles. The lowest BCUT2D eigenvalue weighted by Crippen LogP contribution is -2.24. The number of aliphatic hydroxyl groups is 1. The lowest BCUT2D eigenvalue weighted by Gasteiger charge is -2.16. The van der Waals surface area contributed by atoms with Gasteiger partial charge in [-0.15, -0.1) is 0 Å². The average Bonchev–Trinajstić information content (AvgIpc) is 3.45. The van der Waals surface area contributed by atoms with E-state index in [1.807, 2.05) is 18.3 Å². The van der Waals surface area contributed by atoms with Crippen molar-refractivity contribution in [2.75, 3.05) is 25.5 Å². The van der Waals surface area contributed by atoms with Crippen molar-refractivity contribution in [3.63, 3.8) is 0 Å². The van der Waals surface area contributed by atoms with E-state index in [1.54, 1.807) is 37.3 Å². The first-order valence-corrected chi connectivity index (χ1v) is 14.3. The second-order valence-corrected chi connectivity index (χ2v) is 11.2. The van der Waals surface area contributed by atoms with Crippen LogP contribution in [0.2, 0.25) is 0 Å². The first kappa shape index (κ1) is 29.1. The lowest BCUT2D eigenvalue weighted by atomic mass is 10.0. The maximum absolute atomic E-state index is 15.1. The molecule has 1 fully saturated rings. The number of aryl methyl sites for hydroxylation is 1. The highest BCUT2D eigenvalue weighted by atomic mass is 19.1. The standard InChI is InChI=1S/C33H32FN7O3/c1-19(2)22-12-23-16-36-41(33(44)31(23)26(34)13-22)29-7-5-6-24(25(29)18-42)27-14-28(32(43)40(4)38-27)37-30-9-8-20(15-35-30)21-10-11-39(3)17-21/h5-9,12-16,21,42H,1,10-11,17-18H2,2-4H3,(H,35,37)/t21-/m1/s1. The summed E-state index contributed by atoms with van der Waals surface area (Å²) in [6.07, 6.45) is 4.33. The number of nitrogens with zero attached hydrogens (tertiary/aromatic N) is 6. The first-order chi connectivity index (χ1) is 21.1. The molecule has 6 rings (SSSR count). The number of nitrogens with one attached hydrogen (secondary N) is 1. The largest absolute Gasteiger partial charge is 0.392 e. The number of pyridine rings is 1. The van der Waals surface area contributed by atoms with Gasteiger partial charge in [0, 0.05) is 36.3 Å². The van der Waals surface area contributed by atoms with Crippen LogP contribution in [0.15, 0.2) is 77.1 Å². The van der Waals surface area contributed by atoms with Gasteiger partial charge in [0.1, 0.15) is 17.3 Å². The minimum atomic E-state index is -0.684. The normalized spacial score (nSPS) is 15.2. The predicted molar refractivity (Wildman–Crippen MR) is 169 cm³/mol. The van der Waals surface area contributed by atoms with Gasteiger partial charge in [-0.3, -0.25) is 9.59 Å². The molecule has 2 N–H and O–H groups in total. The third-order valence-corrected chi connectivity index (χ3v) is 8.12. The fraction of sp³-hybridized carbons (Fsp3) is 0.242. The highest BCUT2D eigenvalue weighted by Gasteiger charge is 2.22. The molecular weight excluding hydrogens is 561 g/mol. The highest BCUT2D eigenvalue weighted by molar-refractivity contribution is 5.85. The summed E-state index contributed by atoms with van der Waals surface area (Å²) in [5.41, 5.74) is 3.04. The molecule has 0 aliphatic carbocycles. The number of rotatable bonds is 7. The number of likely N-dealkylation sites (tertiary alicyclic amines) is 1. The van der Waals surface area contributed by atoms with E-state index in [4.69, 9.17) is 0 Å². The fourth-order valence-electron chi connectivity index (χ4n) is 5.73. The van der Waals surface area contributed by atoms with Crippen molar-refractivity contribution in [2.45, 2.75) is 25.9 Å². The van der Waals surface area contributed by atoms with Crippen molar-refractivity contribution in [1.82, 2.24) is 29.4 Å². The molecule has 2 aromatic carbocycles. The van der Waals surface area contributed by atoms with E-state index in [2.05, 4.69) is 39.0 Å². The van der Waals surface area contributed by atoms with Gasteiger partial charge in [0.05, 0.1) is 29.6 Å². The van der Waals surface area contributed by atoms with Gasteiger partial charge in [-0.2, -0.15) is 14.9 Å². The Balaban J connectivity index is 1.39. The molecular formula is C33H32FN7O3. The Morgan fingerprint density at radius 1 is 1.11 bits per heavy atom. The summed E-state index contributed by atoms with van der Waals surface area (Å²) in [6, 6.07) is 13.4. The smallest absolute Gasteiger partial charge is 0.290 e. The Labute approximate surface area is 252 Å². The van der Waals surface area contributed by atoms with Gasteiger partial charge in [-0.1, -0.05) is 30.4 Å². The second kappa shape index (κ2) is 11.6. The molecule has 0 spiro atoms. The zero-order chi connectivity index (χ0) is 31.1. The van der Waals surface area contributed by atoms with Crippen LogP contribution < -0.4 is 16.4 Å². The number of aromatic nitrogens is 5. The maximum atomic E-state index is 15.1. The Morgan fingerprint density at radius 2 is 1.93 bits per heavy atom. The Bertz CT molecular complexity index is 2040. The fourth-order valence-corrected chi connectivity index (χ4v) is 5.73. The van der Waals surface area contributed by atoms with E-state index >= 15 is 4.39 Å². The number of allylic oxidation sites excluding steroid dienone is 1. The van der Waals surface area contributed by atoms with Gasteiger partial charge >= 0.3 is 0 Å². The minimum Gasteiger partial charge on any atom is -0.392 e. The van der Waals surface area contributed by atoms with Gasteiger partial charge < -0.3 is 15.3 Å². The SMILES string of the molecule is C=C(C)c1cc(F)c2c(=O)n(-c3cccc(-c4cc(Nc5ccc([C@@H]6CCN(C)C6)cn5)c(=O)n(C)n4)c3CO)ncc2c1. The molecule has 4 heterocycles. The highest BCUT2D eigenvalue weighted by Crippen LogP contribution is 2.30. The van der Waals surface area contributed by atoms with E-state index in [0.717, 1.165) is 29.8 Å². The van der Waals surface area contributed by atoms with Gasteiger partial charge in [0.2, 0.25) is 0 Å². The molecule has 0 unspecified atom stereocenters. The summed E-state index contributed by atoms with van der Waals surface area (Å²) >= 11 is 0. The van der Waals surface area contributed by atoms with Crippen LogP contribution in [0, 0.1) is 5.82 Å². The van der Waals surface area contributed by atoms with E-state index in [1.165, 1.54) is 24.0 Å². The molecule has 10 nitrogen and oxygen atoms in total. The summed E-state index contributed by atoms with van der Waals surface area (Å²) in [6.45, 7) is 7.17. The summed E-state index contributed by atoms with van der Waals surface area (Å²) < 4.78 is 17.4. The molecule has 1 aliphatic rings. The third-order valence-electron chi connectivity index (χ3n) is 8.12. The molecule has 0 amide bonds. The zero-order valence-electron chi connectivity index (χ0n) is 24.7. The zero-order valence-corrected chi connectivity index (χ0v) is 24.7. The number of halogens is 1. The number of hydrogen-bond donors (Lipinski definition) is 2. The molecule has 5 aromatic rings. The van der Waals surface area contributed by atoms with Crippen LogP contribution >= 0.6 is 0 Å². The van der Waals surface area contributed by atoms with Crippen molar-refractivity contribution >= 4 is 27.9 Å². The summed E-state index contributed by atoms with van der Waals surface area (Å²) in [4.78, 5) is 33.4. The monoisotopic (exact) mass is 593 g/mol. The molecule has 224 valence electrons. The number of anilines is 2. The van der Waals surface area contributed by atoms with Crippen molar-refractivity contribution in [3.05, 3.63) is 111 Å². The topological polar surface area (TPSA) is 118 Å². The van der Waals surface area contributed by atoms with E-state index in [0.29, 0.717) is 45.1 Å². The van der Waals surface area contributed by atoms with Crippen LogP contribution in [-0.2, 0) is 13.7 Å². The number of likely N-dealkylation sites (N-methyl/N-ethyl adjacent to an activating group) is 1. The number of fused-ring (bicyclic) bond motifs is 1. The van der Waals surface area contributed by atoms with Crippen LogP contribution in [0.1, 0.15) is 36.0 Å². The molecule has 0 bridgehead atoms. The number of benzene rings is 2. The van der Waals surface area contributed by atoms with Crippen molar-refractivity contribution in [3.8, 4) is 16.9 Å². The van der Waals surface area contributed by atoms with Gasteiger partial charge in [0.15, 0.2) is 0 Å². The number of hydrogen-bond acceptors (Lipinski definition) is 8. The van der Waals surface area contributed by atoms with Crippen LogP contribution in [0.3, 0.4) is 0 Å². The van der Waals surface area contributed by atoms with E-state index in [-0.39, 0.29) is 22.3 Å². The van der Waals surface area contributed by atoms with Crippen molar-refractivity contribution in [1.29, 1.82) is 0 Å². The Hall–Kier alpha value is -5.00. The van der Waals surface area contributed by atoms with Gasteiger partial charge in [-0.25, -0.2) is 14.1 Å². The van der Waals surface area contributed by atoms with E-state index < -0.39 is 18.0 Å². The van der Waals surface area contributed by atoms with E-state index in [9.17, 15) is 14.7 Å². The van der Waals surface area contributed by atoms with Gasteiger partial charge in [0.25, 0.3) is 11.1 Å². The van der Waals surface area contributed by atoms with Crippen molar-refractivity contribution in [2.24, 2.45) is 7.05 Å². The summed E-state index contributed by atoms with van der Waals surface area (Å²) in [5, 5.41) is 22.6. The first-order valence-electron chi connectivity index (χ1n) is 14.3. The molecule has 1 atom stereocenters. The second-order valence-electron chi connectivity index (χ2n) is 11.2. The summed E-state index contributed by atoms with van der Waals surface area (Å²) in [7, 11) is 3.64. The average molecular weight is 594 g/mol. The molecule has 11 heteroatoms. The molecule has 0 radical (unpaired) electrons. The van der Waals surface area contributed by atoms with Crippen LogP contribution in [0.5, 0.6) is 0 Å². The summed E-state index contributed by atoms with van der Waals surface area (Å²) in [5.74, 6) is 0.256. The molecule has 3 aromatic heterocycles. The minimum absolute atomic E-state index is 0.121. The van der Waals surface area contributed by atoms with Crippen LogP contribution in [0.25, 0.3) is 33.3 Å². The lowest BCUT2D eigenvalue weighted by molar-refractivity contribution is 0.281. The Kier molecular flexibility index (Phi) is 7.66.